The Balaban J connectivity index is 2.56. The van der Waals surface area contributed by atoms with Crippen molar-refractivity contribution in [1.82, 2.24) is 0 Å². The maximum Gasteiger partial charge on any atom is 0.311 e. The number of benzene rings is 1. The molecule has 1 N–H and O–H groups in total. The van der Waals surface area contributed by atoms with Crippen LogP contribution in [0.3, 0.4) is 0 Å². The fourth-order valence-electron chi connectivity index (χ4n) is 1.58. The Labute approximate surface area is 91.4 Å². The molecule has 2 rings (SSSR count). The van der Waals surface area contributed by atoms with Crippen LogP contribution in [0.1, 0.15) is 14.7 Å². The summed E-state index contributed by atoms with van der Waals surface area (Å²) in [6.07, 6.45) is 5.13. The van der Waals surface area contributed by atoms with Crippen LogP contribution in [0.4, 0.5) is 0 Å². The summed E-state index contributed by atoms with van der Waals surface area (Å²) in [5.74, 6) is -2.87. The first-order valence-electron chi connectivity index (χ1n) is 5.72. The van der Waals surface area contributed by atoms with Crippen LogP contribution in [0.2, 0.25) is 0 Å². The molecule has 0 saturated heterocycles. The van der Waals surface area contributed by atoms with Crippen LogP contribution in [0.15, 0.2) is 48.5 Å². The summed E-state index contributed by atoms with van der Waals surface area (Å²) in [6, 6.07) is 6.98. The third kappa shape index (κ3) is 1.99. The van der Waals surface area contributed by atoms with Crippen LogP contribution in [0.5, 0.6) is 0 Å². The lowest BCUT2D eigenvalue weighted by atomic mass is 9.87. The molecule has 0 spiro atoms. The monoisotopic (exact) mass is 202 g/mol. The molecule has 1 aromatic rings. The summed E-state index contributed by atoms with van der Waals surface area (Å²) in [5.41, 5.74) is 0.882. The fourth-order valence-corrected chi connectivity index (χ4v) is 1.58. The largest absolute Gasteiger partial charge is 0.481 e. The Morgan fingerprint density at radius 1 is 1.53 bits per heavy atom. The number of carboxylic acid groups (broad SMARTS) is 1. The highest BCUT2D eigenvalue weighted by Gasteiger charge is 2.23. The van der Waals surface area contributed by atoms with Crippen molar-refractivity contribution in [2.24, 2.45) is 5.89 Å². The van der Waals surface area contributed by atoms with Gasteiger partial charge in [-0.15, -0.1) is 0 Å². The van der Waals surface area contributed by atoms with Crippen LogP contribution in [-0.2, 0) is 4.79 Å². The summed E-state index contributed by atoms with van der Waals surface area (Å²) < 4.78 is 15.8. The van der Waals surface area contributed by atoms with Gasteiger partial charge in [-0.25, -0.2) is 0 Å². The second-order valence-corrected chi connectivity index (χ2v) is 3.27. The van der Waals surface area contributed by atoms with Crippen molar-refractivity contribution < 1.29 is 12.6 Å². The molecule has 15 heavy (non-hydrogen) atoms. The Morgan fingerprint density at radius 3 is 3.13 bits per heavy atom. The SMILES string of the molecule is [2H]c1ccccc1C1=CC=CCC1([2H])C(=O)O. The van der Waals surface area contributed by atoms with Gasteiger partial charge in [0.2, 0.25) is 0 Å². The highest BCUT2D eigenvalue weighted by Crippen LogP contribution is 2.29. The van der Waals surface area contributed by atoms with E-state index in [4.69, 9.17) is 2.74 Å². The molecule has 0 aromatic heterocycles. The smallest absolute Gasteiger partial charge is 0.311 e. The number of carbonyl (C=O) groups is 1. The molecule has 0 saturated carbocycles. The third-order valence-corrected chi connectivity index (χ3v) is 2.30. The van der Waals surface area contributed by atoms with Gasteiger partial charge in [-0.1, -0.05) is 48.5 Å². The van der Waals surface area contributed by atoms with Crippen molar-refractivity contribution >= 4 is 11.5 Å². The summed E-state index contributed by atoms with van der Waals surface area (Å²) in [5, 5.41) is 9.20. The maximum atomic E-state index is 11.2. The van der Waals surface area contributed by atoms with Gasteiger partial charge in [0.15, 0.2) is 0 Å². The number of allylic oxidation sites excluding steroid dienone is 3. The van der Waals surface area contributed by atoms with Crippen molar-refractivity contribution in [3.63, 3.8) is 0 Å². The second-order valence-electron chi connectivity index (χ2n) is 3.27. The topological polar surface area (TPSA) is 37.3 Å². The normalized spacial score (nSPS) is 26.5. The van der Waals surface area contributed by atoms with E-state index in [9.17, 15) is 9.90 Å². The van der Waals surface area contributed by atoms with E-state index in [0.717, 1.165) is 0 Å². The number of carboxylic acids is 1. The summed E-state index contributed by atoms with van der Waals surface area (Å²) in [6.45, 7) is 0. The van der Waals surface area contributed by atoms with Gasteiger partial charge in [-0.2, -0.15) is 0 Å². The van der Waals surface area contributed by atoms with Gasteiger partial charge in [0.25, 0.3) is 0 Å². The minimum atomic E-state index is -1.69. The molecule has 0 amide bonds. The fraction of sp³-hybridized carbons (Fsp3) is 0.154. The Hall–Kier alpha value is -1.83. The molecular formula is C13H12O2. The first-order chi connectivity index (χ1) is 8.05. The van der Waals surface area contributed by atoms with Gasteiger partial charge in [0.05, 0.1) is 7.26 Å². The highest BCUT2D eigenvalue weighted by atomic mass is 16.4. The molecule has 0 fully saturated rings. The summed E-state index contributed by atoms with van der Waals surface area (Å²) in [7, 11) is 0. The lowest BCUT2D eigenvalue weighted by Gasteiger charge is -2.17. The van der Waals surface area contributed by atoms with Crippen molar-refractivity contribution in [3.8, 4) is 0 Å². The lowest BCUT2D eigenvalue weighted by molar-refractivity contribution is -0.139. The first kappa shape index (κ1) is 7.46. The van der Waals surface area contributed by atoms with Gasteiger partial charge in [0.1, 0.15) is 0 Å². The average molecular weight is 202 g/mol. The van der Waals surface area contributed by atoms with E-state index in [-0.39, 0.29) is 12.5 Å². The highest BCUT2D eigenvalue weighted by molar-refractivity contribution is 5.88. The Morgan fingerprint density at radius 2 is 2.40 bits per heavy atom. The lowest BCUT2D eigenvalue weighted by Crippen LogP contribution is -2.16. The molecule has 0 radical (unpaired) electrons. The maximum absolute atomic E-state index is 11.2. The van der Waals surface area contributed by atoms with Crippen molar-refractivity contribution in [2.75, 3.05) is 0 Å². The standard InChI is InChI=1S/C13H12O2/c14-13(15)12-9-5-4-8-11(12)10-6-2-1-3-7-10/h1-8,12H,9H2,(H,14,15)/i6D,12D. The van der Waals surface area contributed by atoms with Crippen molar-refractivity contribution in [3.05, 3.63) is 54.1 Å². The second kappa shape index (κ2) is 4.13. The minimum absolute atomic E-state index is 0.127. The molecule has 2 heteroatoms. The Bertz CT molecular complexity index is 520. The molecule has 1 unspecified atom stereocenters. The van der Waals surface area contributed by atoms with E-state index in [1.165, 1.54) is 0 Å². The van der Waals surface area contributed by atoms with Crippen LogP contribution in [0.25, 0.3) is 5.57 Å². The predicted molar refractivity (Wildman–Crippen MR) is 59.3 cm³/mol. The third-order valence-electron chi connectivity index (χ3n) is 2.30. The Kier molecular flexibility index (Phi) is 2.05. The van der Waals surface area contributed by atoms with Crippen LogP contribution in [-0.4, -0.2) is 11.1 Å². The van der Waals surface area contributed by atoms with E-state index in [1.54, 1.807) is 42.5 Å². The zero-order valence-electron chi connectivity index (χ0n) is 10.1. The van der Waals surface area contributed by atoms with Crippen LogP contribution >= 0.6 is 0 Å². The molecule has 1 atom stereocenters. The molecule has 1 aliphatic rings. The molecule has 2 nitrogen and oxygen atoms in total. The van der Waals surface area contributed by atoms with Crippen LogP contribution < -0.4 is 0 Å². The molecule has 0 bridgehead atoms. The van der Waals surface area contributed by atoms with Crippen molar-refractivity contribution in [1.29, 1.82) is 0 Å². The molecule has 0 heterocycles. The van der Waals surface area contributed by atoms with E-state index in [0.29, 0.717) is 11.1 Å². The molecule has 1 aromatic carbocycles. The van der Waals surface area contributed by atoms with Gasteiger partial charge < -0.3 is 5.11 Å². The van der Waals surface area contributed by atoms with E-state index in [1.807, 2.05) is 0 Å². The zero-order valence-corrected chi connectivity index (χ0v) is 8.10. The van der Waals surface area contributed by atoms with Gasteiger partial charge in [-0.3, -0.25) is 4.79 Å². The number of rotatable bonds is 2. The molecule has 1 aliphatic carbocycles. The first-order valence-corrected chi connectivity index (χ1v) is 4.72. The van der Waals surface area contributed by atoms with Crippen molar-refractivity contribution in [2.45, 2.75) is 6.42 Å². The number of aliphatic carboxylic acids is 1. The quantitative estimate of drug-likeness (QED) is 0.800. The predicted octanol–water partition coefficient (Wildman–Crippen LogP) is 2.73. The van der Waals surface area contributed by atoms with E-state index < -0.39 is 11.9 Å². The summed E-state index contributed by atoms with van der Waals surface area (Å²) in [4.78, 5) is 11.2. The number of hydrogen-bond acceptors (Lipinski definition) is 1. The van der Waals surface area contributed by atoms with Crippen LogP contribution in [0, 0.1) is 5.89 Å². The average Bonchev–Trinajstić information content (AvgIpc) is 2.31. The molecular weight excluding hydrogens is 188 g/mol. The zero-order chi connectivity index (χ0) is 12.5. The summed E-state index contributed by atoms with van der Waals surface area (Å²) >= 11 is 0. The van der Waals surface area contributed by atoms with E-state index in [2.05, 4.69) is 0 Å². The van der Waals surface area contributed by atoms with E-state index >= 15 is 0 Å². The molecule has 76 valence electrons. The minimum Gasteiger partial charge on any atom is -0.481 e. The molecule has 0 aliphatic heterocycles. The van der Waals surface area contributed by atoms with Gasteiger partial charge in [0, 0.05) is 1.37 Å². The number of hydrogen-bond donors (Lipinski definition) is 1. The van der Waals surface area contributed by atoms with Gasteiger partial charge >= 0.3 is 5.97 Å². The van der Waals surface area contributed by atoms with Gasteiger partial charge in [-0.05, 0) is 17.6 Å².